The number of benzene rings is 2. The molecule has 0 spiro atoms. The van der Waals surface area contributed by atoms with E-state index < -0.39 is 11.9 Å². The maximum absolute atomic E-state index is 11.7. The second kappa shape index (κ2) is 3.71. The van der Waals surface area contributed by atoms with Crippen LogP contribution in [0.3, 0.4) is 0 Å². The molecular weight excluding hydrogens is 228 g/mol. The van der Waals surface area contributed by atoms with Crippen LogP contribution in [-0.2, 0) is 4.74 Å². The number of cyclic esters (lactones) is 2. The topological polar surface area (TPSA) is 43.4 Å². The molecule has 0 atom stereocenters. The molecule has 0 amide bonds. The summed E-state index contributed by atoms with van der Waals surface area (Å²) in [6, 6.07) is 8.70. The van der Waals surface area contributed by atoms with E-state index in [-0.39, 0.29) is 0 Å². The summed E-state index contributed by atoms with van der Waals surface area (Å²) in [6.07, 6.45) is 0. The summed E-state index contributed by atoms with van der Waals surface area (Å²) in [5.41, 5.74) is 1.64. The normalized spacial score (nSPS) is 12.9. The summed E-state index contributed by atoms with van der Waals surface area (Å²) >= 11 is 0. The molecule has 2 aromatic carbocycles. The Balaban J connectivity index is 2.51. The Labute approximate surface area is 103 Å². The van der Waals surface area contributed by atoms with Crippen LogP contribution in [0, 0.1) is 11.8 Å². The molecule has 0 aliphatic carbocycles. The molecule has 2 aromatic rings. The van der Waals surface area contributed by atoms with Crippen molar-refractivity contribution in [3.63, 3.8) is 0 Å². The number of carbonyl (C=O) groups is 2. The Kier molecular flexibility index (Phi) is 2.17. The Morgan fingerprint density at radius 1 is 1.00 bits per heavy atom. The summed E-state index contributed by atoms with van der Waals surface area (Å²) in [7, 11) is 0. The lowest BCUT2D eigenvalue weighted by molar-refractivity contribution is 0.0391. The van der Waals surface area contributed by atoms with Gasteiger partial charge in [-0.05, 0) is 30.5 Å². The summed E-state index contributed by atoms with van der Waals surface area (Å²) in [6.45, 7) is 1.74. The van der Waals surface area contributed by atoms with Crippen molar-refractivity contribution in [1.82, 2.24) is 0 Å². The average Bonchev–Trinajstić information content (AvgIpc) is 2.37. The fraction of sp³-hybridized carbons (Fsp3) is 0.0667. The predicted molar refractivity (Wildman–Crippen MR) is 66.2 cm³/mol. The van der Waals surface area contributed by atoms with Crippen LogP contribution in [0.2, 0.25) is 0 Å². The third-order valence-corrected chi connectivity index (χ3v) is 2.93. The quantitative estimate of drug-likeness (QED) is 0.401. The van der Waals surface area contributed by atoms with Crippen LogP contribution in [0.25, 0.3) is 10.8 Å². The molecule has 0 saturated heterocycles. The van der Waals surface area contributed by atoms with E-state index in [0.717, 1.165) is 10.9 Å². The number of rotatable bonds is 0. The molecule has 3 rings (SSSR count). The Bertz CT molecular complexity index is 740. The summed E-state index contributed by atoms with van der Waals surface area (Å²) < 4.78 is 4.69. The first kappa shape index (κ1) is 10.5. The number of carbonyl (C=O) groups excluding carboxylic acids is 2. The van der Waals surface area contributed by atoms with E-state index in [9.17, 15) is 9.59 Å². The zero-order chi connectivity index (χ0) is 12.7. The number of hydrogen-bond acceptors (Lipinski definition) is 3. The van der Waals surface area contributed by atoms with Gasteiger partial charge in [-0.3, -0.25) is 0 Å². The standard InChI is InChI=1S/C15H8O3/c1-2-4-9-7-8-12-13-10(9)5-3-6-11(13)14(16)18-15(12)17/h3,5-8H,1H3. The first-order chi connectivity index (χ1) is 8.72. The van der Waals surface area contributed by atoms with Crippen molar-refractivity contribution in [3.8, 4) is 11.8 Å². The lowest BCUT2D eigenvalue weighted by Gasteiger charge is -2.15. The van der Waals surface area contributed by atoms with Crippen LogP contribution >= 0.6 is 0 Å². The fourth-order valence-corrected chi connectivity index (χ4v) is 2.18. The van der Waals surface area contributed by atoms with Gasteiger partial charge in [-0.1, -0.05) is 18.1 Å². The zero-order valence-electron chi connectivity index (χ0n) is 9.61. The molecule has 3 heteroatoms. The molecule has 0 radical (unpaired) electrons. The monoisotopic (exact) mass is 236 g/mol. The second-order valence-electron chi connectivity index (χ2n) is 3.94. The van der Waals surface area contributed by atoms with Crippen molar-refractivity contribution in [1.29, 1.82) is 0 Å². The van der Waals surface area contributed by atoms with Crippen molar-refractivity contribution in [2.24, 2.45) is 0 Å². The van der Waals surface area contributed by atoms with E-state index in [1.807, 2.05) is 6.07 Å². The fourth-order valence-electron chi connectivity index (χ4n) is 2.18. The molecule has 1 aliphatic rings. The second-order valence-corrected chi connectivity index (χ2v) is 3.94. The lowest BCUT2D eigenvalue weighted by atomic mass is 9.94. The van der Waals surface area contributed by atoms with Gasteiger partial charge < -0.3 is 4.74 Å². The van der Waals surface area contributed by atoms with E-state index >= 15 is 0 Å². The number of hydrogen-bond donors (Lipinski definition) is 0. The van der Waals surface area contributed by atoms with Gasteiger partial charge in [0.05, 0.1) is 11.1 Å². The third-order valence-electron chi connectivity index (χ3n) is 2.93. The van der Waals surface area contributed by atoms with E-state index in [4.69, 9.17) is 0 Å². The van der Waals surface area contributed by atoms with Gasteiger partial charge in [0.15, 0.2) is 0 Å². The molecule has 3 nitrogen and oxygen atoms in total. The maximum Gasteiger partial charge on any atom is 0.346 e. The van der Waals surface area contributed by atoms with E-state index in [0.29, 0.717) is 16.5 Å². The Morgan fingerprint density at radius 2 is 1.72 bits per heavy atom. The first-order valence-corrected chi connectivity index (χ1v) is 5.47. The van der Waals surface area contributed by atoms with Crippen molar-refractivity contribution >= 4 is 22.7 Å². The van der Waals surface area contributed by atoms with Gasteiger partial charge in [-0.2, -0.15) is 0 Å². The Morgan fingerprint density at radius 3 is 2.44 bits per heavy atom. The van der Waals surface area contributed by atoms with Crippen LogP contribution in [0.1, 0.15) is 33.2 Å². The molecule has 0 unspecified atom stereocenters. The minimum atomic E-state index is -0.597. The first-order valence-electron chi connectivity index (χ1n) is 5.47. The smallest absolute Gasteiger partial charge is 0.346 e. The van der Waals surface area contributed by atoms with E-state index in [2.05, 4.69) is 16.6 Å². The van der Waals surface area contributed by atoms with Gasteiger partial charge in [-0.25, -0.2) is 9.59 Å². The third kappa shape index (κ3) is 1.33. The molecule has 0 saturated carbocycles. The van der Waals surface area contributed by atoms with Gasteiger partial charge in [-0.15, -0.1) is 5.92 Å². The highest BCUT2D eigenvalue weighted by molar-refractivity contribution is 6.21. The molecule has 1 aliphatic heterocycles. The zero-order valence-corrected chi connectivity index (χ0v) is 9.61. The summed E-state index contributed by atoms with van der Waals surface area (Å²) in [5.74, 6) is 4.60. The molecule has 18 heavy (non-hydrogen) atoms. The highest BCUT2D eigenvalue weighted by atomic mass is 16.6. The van der Waals surface area contributed by atoms with Gasteiger partial charge in [0.2, 0.25) is 0 Å². The average molecular weight is 236 g/mol. The van der Waals surface area contributed by atoms with Crippen LogP contribution in [0.4, 0.5) is 0 Å². The van der Waals surface area contributed by atoms with Crippen molar-refractivity contribution in [3.05, 3.63) is 47.0 Å². The number of ether oxygens (including phenoxy) is 1. The molecule has 0 fully saturated rings. The SMILES string of the molecule is CC#Cc1ccc2c3c(cccc13)C(=O)OC2=O. The minimum Gasteiger partial charge on any atom is -0.386 e. The van der Waals surface area contributed by atoms with Gasteiger partial charge >= 0.3 is 11.9 Å². The highest BCUT2D eigenvalue weighted by Crippen LogP contribution is 2.30. The van der Waals surface area contributed by atoms with Crippen LogP contribution in [-0.4, -0.2) is 11.9 Å². The molecular formula is C15H8O3. The molecule has 0 bridgehead atoms. The van der Waals surface area contributed by atoms with Gasteiger partial charge in [0.25, 0.3) is 0 Å². The predicted octanol–water partition coefficient (Wildman–Crippen LogP) is 2.52. The van der Waals surface area contributed by atoms with Crippen molar-refractivity contribution in [2.75, 3.05) is 0 Å². The van der Waals surface area contributed by atoms with E-state index in [1.54, 1.807) is 31.2 Å². The Hall–Kier alpha value is -2.60. The van der Waals surface area contributed by atoms with Crippen molar-refractivity contribution < 1.29 is 14.3 Å². The summed E-state index contributed by atoms with van der Waals surface area (Å²) in [5, 5.41) is 1.45. The highest BCUT2D eigenvalue weighted by Gasteiger charge is 2.27. The summed E-state index contributed by atoms with van der Waals surface area (Å²) in [4.78, 5) is 23.3. The van der Waals surface area contributed by atoms with Gasteiger partial charge in [0, 0.05) is 10.9 Å². The lowest BCUT2D eigenvalue weighted by Crippen LogP contribution is -2.19. The largest absolute Gasteiger partial charge is 0.386 e. The van der Waals surface area contributed by atoms with Crippen LogP contribution in [0.5, 0.6) is 0 Å². The van der Waals surface area contributed by atoms with Gasteiger partial charge in [0.1, 0.15) is 0 Å². The molecule has 1 heterocycles. The minimum absolute atomic E-state index is 0.418. The maximum atomic E-state index is 11.7. The van der Waals surface area contributed by atoms with Crippen LogP contribution in [0.15, 0.2) is 30.3 Å². The molecule has 0 N–H and O–H groups in total. The van der Waals surface area contributed by atoms with Crippen LogP contribution < -0.4 is 0 Å². The van der Waals surface area contributed by atoms with Crippen molar-refractivity contribution in [2.45, 2.75) is 6.92 Å². The molecule has 0 aromatic heterocycles. The molecule has 86 valence electrons. The number of esters is 2. The van der Waals surface area contributed by atoms with E-state index in [1.165, 1.54) is 0 Å².